The van der Waals surface area contributed by atoms with E-state index in [1.54, 1.807) is 7.11 Å². The molecule has 0 bridgehead atoms. The highest BCUT2D eigenvalue weighted by molar-refractivity contribution is 5.78. The van der Waals surface area contributed by atoms with Crippen LogP contribution in [0.5, 0.6) is 0 Å². The van der Waals surface area contributed by atoms with E-state index in [-0.39, 0.29) is 18.4 Å². The summed E-state index contributed by atoms with van der Waals surface area (Å²) < 4.78 is 4.91. The van der Waals surface area contributed by atoms with Gasteiger partial charge in [0, 0.05) is 32.8 Å². The molecule has 0 aliphatic heterocycles. The Morgan fingerprint density at radius 2 is 2.21 bits per heavy atom. The fourth-order valence-electron chi connectivity index (χ4n) is 1.13. The van der Waals surface area contributed by atoms with E-state index in [4.69, 9.17) is 9.84 Å². The molecule has 4 heteroatoms. The number of amides is 1. The van der Waals surface area contributed by atoms with Gasteiger partial charge in [-0.3, -0.25) is 4.79 Å². The predicted octanol–water partition coefficient (Wildman–Crippen LogP) is 0.548. The highest BCUT2D eigenvalue weighted by atomic mass is 16.5. The smallest absolute Gasteiger partial charge is 0.222 e. The van der Waals surface area contributed by atoms with Gasteiger partial charge in [-0.05, 0) is 19.3 Å². The fraction of sp³-hybridized carbons (Fsp3) is 0.900. The van der Waals surface area contributed by atoms with Crippen LogP contribution in [-0.4, -0.2) is 37.9 Å². The molecule has 0 aliphatic carbocycles. The van der Waals surface area contributed by atoms with Crippen LogP contribution in [0.25, 0.3) is 0 Å². The first-order valence-electron chi connectivity index (χ1n) is 5.10. The van der Waals surface area contributed by atoms with E-state index in [0.29, 0.717) is 19.6 Å². The summed E-state index contributed by atoms with van der Waals surface area (Å²) in [7, 11) is 1.66. The molecule has 0 rings (SSSR count). The molecule has 0 spiro atoms. The lowest BCUT2D eigenvalue weighted by Gasteiger charge is -2.11. The third kappa shape index (κ3) is 6.86. The first-order valence-corrected chi connectivity index (χ1v) is 5.10. The van der Waals surface area contributed by atoms with Gasteiger partial charge in [-0.1, -0.05) is 6.92 Å². The third-order valence-electron chi connectivity index (χ3n) is 2.07. The number of carbonyl (C=O) groups excluding carboxylic acids is 1. The second-order valence-corrected chi connectivity index (χ2v) is 3.40. The molecule has 0 saturated heterocycles. The molecule has 0 aromatic heterocycles. The summed E-state index contributed by atoms with van der Waals surface area (Å²) in [6.45, 7) is 3.29. The Labute approximate surface area is 85.6 Å². The average molecular weight is 203 g/mol. The van der Waals surface area contributed by atoms with Crippen molar-refractivity contribution >= 4 is 5.91 Å². The molecule has 0 aromatic rings. The number of rotatable bonds is 8. The van der Waals surface area contributed by atoms with Gasteiger partial charge in [0.1, 0.15) is 0 Å². The van der Waals surface area contributed by atoms with Crippen LogP contribution in [0, 0.1) is 5.92 Å². The zero-order chi connectivity index (χ0) is 10.8. The molecule has 4 nitrogen and oxygen atoms in total. The molecule has 84 valence electrons. The molecule has 0 aromatic carbocycles. The Kier molecular flexibility index (Phi) is 8.57. The van der Waals surface area contributed by atoms with Crippen molar-refractivity contribution in [3.05, 3.63) is 0 Å². The van der Waals surface area contributed by atoms with Gasteiger partial charge in [-0.15, -0.1) is 0 Å². The van der Waals surface area contributed by atoms with E-state index in [2.05, 4.69) is 5.32 Å². The summed E-state index contributed by atoms with van der Waals surface area (Å²) in [5.41, 5.74) is 0. The molecule has 1 unspecified atom stereocenters. The normalized spacial score (nSPS) is 12.5. The van der Waals surface area contributed by atoms with Gasteiger partial charge in [-0.25, -0.2) is 0 Å². The Bertz CT molecular complexity index is 150. The van der Waals surface area contributed by atoms with E-state index >= 15 is 0 Å². The predicted molar refractivity (Wildman–Crippen MR) is 55.0 cm³/mol. The second-order valence-electron chi connectivity index (χ2n) is 3.40. The zero-order valence-electron chi connectivity index (χ0n) is 9.08. The van der Waals surface area contributed by atoms with Gasteiger partial charge in [-0.2, -0.15) is 0 Å². The van der Waals surface area contributed by atoms with Crippen LogP contribution in [-0.2, 0) is 9.53 Å². The van der Waals surface area contributed by atoms with Gasteiger partial charge in [0.05, 0.1) is 0 Å². The van der Waals surface area contributed by atoms with E-state index in [0.717, 1.165) is 12.8 Å². The van der Waals surface area contributed by atoms with Gasteiger partial charge >= 0.3 is 0 Å². The maximum atomic E-state index is 11.4. The van der Waals surface area contributed by atoms with E-state index < -0.39 is 0 Å². The molecule has 14 heavy (non-hydrogen) atoms. The van der Waals surface area contributed by atoms with E-state index in [1.165, 1.54) is 0 Å². The first-order chi connectivity index (χ1) is 6.72. The SMILES string of the molecule is COCCCC(C)C(=O)NCCCO. The molecule has 2 N–H and O–H groups in total. The van der Waals surface area contributed by atoms with Crippen molar-refractivity contribution in [3.8, 4) is 0 Å². The summed E-state index contributed by atoms with van der Waals surface area (Å²) in [6, 6.07) is 0. The molecule has 1 amide bonds. The molecular weight excluding hydrogens is 182 g/mol. The second kappa shape index (κ2) is 8.97. The van der Waals surface area contributed by atoms with E-state index in [1.807, 2.05) is 6.92 Å². The number of carbonyl (C=O) groups is 1. The monoisotopic (exact) mass is 203 g/mol. The largest absolute Gasteiger partial charge is 0.396 e. The lowest BCUT2D eigenvalue weighted by molar-refractivity contribution is -0.124. The summed E-state index contributed by atoms with van der Waals surface area (Å²) >= 11 is 0. The van der Waals surface area contributed by atoms with Crippen molar-refractivity contribution < 1.29 is 14.6 Å². The number of ether oxygens (including phenoxy) is 1. The number of methoxy groups -OCH3 is 1. The maximum Gasteiger partial charge on any atom is 0.222 e. The lowest BCUT2D eigenvalue weighted by atomic mass is 10.1. The highest BCUT2D eigenvalue weighted by Gasteiger charge is 2.10. The highest BCUT2D eigenvalue weighted by Crippen LogP contribution is 2.05. The standard InChI is InChI=1S/C10H21NO3/c1-9(5-3-8-14-2)10(13)11-6-4-7-12/h9,12H,3-8H2,1-2H3,(H,11,13). The van der Waals surface area contributed by atoms with Crippen LogP contribution in [0.4, 0.5) is 0 Å². The summed E-state index contributed by atoms with van der Waals surface area (Å²) in [6.07, 6.45) is 2.38. The third-order valence-corrected chi connectivity index (χ3v) is 2.07. The van der Waals surface area contributed by atoms with Gasteiger partial charge < -0.3 is 15.2 Å². The van der Waals surface area contributed by atoms with Crippen molar-refractivity contribution in [1.82, 2.24) is 5.32 Å². The maximum absolute atomic E-state index is 11.4. The minimum Gasteiger partial charge on any atom is -0.396 e. The summed E-state index contributed by atoms with van der Waals surface area (Å²) in [5, 5.41) is 11.3. The van der Waals surface area contributed by atoms with Gasteiger partial charge in [0.2, 0.25) is 5.91 Å². The number of hydrogen-bond donors (Lipinski definition) is 2. The van der Waals surface area contributed by atoms with Crippen LogP contribution in [0.3, 0.4) is 0 Å². The quantitative estimate of drug-likeness (QED) is 0.566. The van der Waals surface area contributed by atoms with Crippen LogP contribution in [0.15, 0.2) is 0 Å². The number of nitrogens with one attached hydrogen (secondary N) is 1. The van der Waals surface area contributed by atoms with Crippen LogP contribution < -0.4 is 5.32 Å². The number of aliphatic hydroxyl groups excluding tert-OH is 1. The van der Waals surface area contributed by atoms with E-state index in [9.17, 15) is 4.79 Å². The number of hydrogen-bond acceptors (Lipinski definition) is 3. The molecule has 0 aliphatic rings. The van der Waals surface area contributed by atoms with Crippen LogP contribution in [0.1, 0.15) is 26.2 Å². The van der Waals surface area contributed by atoms with Crippen molar-refractivity contribution in [3.63, 3.8) is 0 Å². The van der Waals surface area contributed by atoms with Gasteiger partial charge in [0.15, 0.2) is 0 Å². The lowest BCUT2D eigenvalue weighted by Crippen LogP contribution is -2.30. The van der Waals surface area contributed by atoms with Gasteiger partial charge in [0.25, 0.3) is 0 Å². The minimum atomic E-state index is 0.0313. The Balaban J connectivity index is 3.44. The molecule has 0 radical (unpaired) electrons. The average Bonchev–Trinajstić information content (AvgIpc) is 2.18. The zero-order valence-corrected chi connectivity index (χ0v) is 9.08. The van der Waals surface area contributed by atoms with Crippen LogP contribution >= 0.6 is 0 Å². The Morgan fingerprint density at radius 1 is 1.50 bits per heavy atom. The summed E-state index contributed by atoms with van der Waals surface area (Å²) in [4.78, 5) is 11.4. The molecular formula is C10H21NO3. The summed E-state index contributed by atoms with van der Waals surface area (Å²) in [5.74, 6) is 0.0957. The first kappa shape index (κ1) is 13.4. The molecule has 0 fully saturated rings. The fourth-order valence-corrected chi connectivity index (χ4v) is 1.13. The molecule has 1 atom stereocenters. The van der Waals surface area contributed by atoms with Crippen molar-refractivity contribution in [2.45, 2.75) is 26.2 Å². The minimum absolute atomic E-state index is 0.0313. The van der Waals surface area contributed by atoms with Crippen molar-refractivity contribution in [2.75, 3.05) is 26.9 Å². The Morgan fingerprint density at radius 3 is 2.79 bits per heavy atom. The number of aliphatic hydroxyl groups is 1. The van der Waals surface area contributed by atoms with Crippen molar-refractivity contribution in [1.29, 1.82) is 0 Å². The topological polar surface area (TPSA) is 58.6 Å². The molecule has 0 heterocycles. The van der Waals surface area contributed by atoms with Crippen LogP contribution in [0.2, 0.25) is 0 Å². The Hall–Kier alpha value is -0.610. The molecule has 0 saturated carbocycles. The van der Waals surface area contributed by atoms with Crippen molar-refractivity contribution in [2.24, 2.45) is 5.92 Å².